The average Bonchev–Trinajstić information content (AvgIpc) is 3.49. The van der Waals surface area contributed by atoms with E-state index in [0.717, 1.165) is 51.1 Å². The van der Waals surface area contributed by atoms with Crippen molar-refractivity contribution in [1.29, 1.82) is 0 Å². The summed E-state index contributed by atoms with van der Waals surface area (Å²) in [6.07, 6.45) is 6.41. The van der Waals surface area contributed by atoms with E-state index in [1.165, 1.54) is 0 Å². The molecule has 1 atom stereocenters. The summed E-state index contributed by atoms with van der Waals surface area (Å²) in [6.45, 7) is 8.83. The third kappa shape index (κ3) is 4.97. The standard InChI is InChI=1S/C23H32N6O3/c1-15(2)21-26-19(32-27-21)8-9-20(30)29-12-6-7-17(14-29)22-24-13-18(16(3)25-22)23(31)28-10-4-5-11-28/h13,15,17H,4-12,14H2,1-3H3. The lowest BCUT2D eigenvalue weighted by Gasteiger charge is -2.32. The molecule has 9 nitrogen and oxygen atoms in total. The zero-order valence-electron chi connectivity index (χ0n) is 19.2. The highest BCUT2D eigenvalue weighted by atomic mass is 16.5. The lowest BCUT2D eigenvalue weighted by molar-refractivity contribution is -0.132. The Bertz CT molecular complexity index is 966. The second-order valence-electron chi connectivity index (χ2n) is 9.11. The van der Waals surface area contributed by atoms with E-state index in [4.69, 9.17) is 4.52 Å². The van der Waals surface area contributed by atoms with E-state index in [2.05, 4.69) is 20.1 Å². The van der Waals surface area contributed by atoms with Crippen molar-refractivity contribution in [2.75, 3.05) is 26.2 Å². The van der Waals surface area contributed by atoms with Gasteiger partial charge in [0.1, 0.15) is 5.82 Å². The summed E-state index contributed by atoms with van der Waals surface area (Å²) in [4.78, 5) is 42.8. The fraction of sp³-hybridized carbons (Fsp3) is 0.652. The molecule has 2 fully saturated rings. The first-order valence-electron chi connectivity index (χ1n) is 11.7. The SMILES string of the molecule is Cc1nc(C2CCCN(C(=O)CCc3nc(C(C)C)no3)C2)ncc1C(=O)N1CCCC1. The lowest BCUT2D eigenvalue weighted by Crippen LogP contribution is -2.39. The Morgan fingerprint density at radius 1 is 1.12 bits per heavy atom. The lowest BCUT2D eigenvalue weighted by atomic mass is 9.96. The molecule has 0 aromatic carbocycles. The van der Waals surface area contributed by atoms with Gasteiger partial charge in [-0.05, 0) is 32.6 Å². The first-order valence-corrected chi connectivity index (χ1v) is 11.7. The van der Waals surface area contributed by atoms with Crippen LogP contribution in [-0.4, -0.2) is 67.9 Å². The Hall–Kier alpha value is -2.84. The van der Waals surface area contributed by atoms with Gasteiger partial charge in [-0.1, -0.05) is 19.0 Å². The Morgan fingerprint density at radius 2 is 1.88 bits per heavy atom. The maximum absolute atomic E-state index is 12.8. The molecular weight excluding hydrogens is 408 g/mol. The van der Waals surface area contributed by atoms with Gasteiger partial charge in [-0.15, -0.1) is 0 Å². The molecule has 9 heteroatoms. The van der Waals surface area contributed by atoms with Crippen LogP contribution in [0.3, 0.4) is 0 Å². The van der Waals surface area contributed by atoms with Gasteiger partial charge >= 0.3 is 0 Å². The van der Waals surface area contributed by atoms with E-state index in [1.54, 1.807) is 6.20 Å². The molecule has 2 saturated heterocycles. The molecule has 0 bridgehead atoms. The highest BCUT2D eigenvalue weighted by Crippen LogP contribution is 2.26. The van der Waals surface area contributed by atoms with Crippen molar-refractivity contribution >= 4 is 11.8 Å². The van der Waals surface area contributed by atoms with Gasteiger partial charge in [0.2, 0.25) is 11.8 Å². The number of rotatable bonds is 6. The van der Waals surface area contributed by atoms with Crippen molar-refractivity contribution in [1.82, 2.24) is 29.9 Å². The third-order valence-corrected chi connectivity index (χ3v) is 6.31. The highest BCUT2D eigenvalue weighted by Gasteiger charge is 2.28. The Labute approximate surface area is 188 Å². The van der Waals surface area contributed by atoms with Crippen LogP contribution in [0.2, 0.25) is 0 Å². The minimum atomic E-state index is 0.0219. The van der Waals surface area contributed by atoms with Crippen LogP contribution in [0.4, 0.5) is 0 Å². The van der Waals surface area contributed by atoms with E-state index in [1.807, 2.05) is 30.6 Å². The second-order valence-corrected chi connectivity index (χ2v) is 9.11. The van der Waals surface area contributed by atoms with Crippen LogP contribution in [0, 0.1) is 6.92 Å². The van der Waals surface area contributed by atoms with Crippen LogP contribution in [0.15, 0.2) is 10.7 Å². The van der Waals surface area contributed by atoms with Crippen molar-refractivity contribution in [2.45, 2.75) is 71.1 Å². The largest absolute Gasteiger partial charge is 0.342 e. The molecule has 4 rings (SSSR count). The first kappa shape index (κ1) is 22.4. The van der Waals surface area contributed by atoms with Crippen LogP contribution in [0.5, 0.6) is 0 Å². The molecule has 2 amide bonds. The third-order valence-electron chi connectivity index (χ3n) is 6.31. The topological polar surface area (TPSA) is 105 Å². The van der Waals surface area contributed by atoms with Gasteiger partial charge < -0.3 is 14.3 Å². The van der Waals surface area contributed by atoms with E-state index >= 15 is 0 Å². The monoisotopic (exact) mass is 440 g/mol. The summed E-state index contributed by atoms with van der Waals surface area (Å²) < 4.78 is 5.25. The number of likely N-dealkylation sites (tertiary alicyclic amines) is 2. The zero-order valence-corrected chi connectivity index (χ0v) is 19.2. The quantitative estimate of drug-likeness (QED) is 0.680. The van der Waals surface area contributed by atoms with Crippen LogP contribution in [0.25, 0.3) is 0 Å². The molecule has 0 radical (unpaired) electrons. The molecular formula is C23H32N6O3. The van der Waals surface area contributed by atoms with E-state index in [-0.39, 0.29) is 23.7 Å². The van der Waals surface area contributed by atoms with E-state index in [0.29, 0.717) is 42.4 Å². The van der Waals surface area contributed by atoms with Crippen LogP contribution >= 0.6 is 0 Å². The van der Waals surface area contributed by atoms with Crippen LogP contribution < -0.4 is 0 Å². The predicted molar refractivity (Wildman–Crippen MR) is 117 cm³/mol. The molecule has 4 heterocycles. The van der Waals surface area contributed by atoms with Gasteiger partial charge in [0.25, 0.3) is 5.91 Å². The van der Waals surface area contributed by atoms with Gasteiger partial charge in [-0.25, -0.2) is 9.97 Å². The first-order chi connectivity index (χ1) is 15.4. The molecule has 0 N–H and O–H groups in total. The number of piperidine rings is 1. The maximum Gasteiger partial charge on any atom is 0.257 e. The average molecular weight is 441 g/mol. The number of hydrogen-bond acceptors (Lipinski definition) is 7. The van der Waals surface area contributed by atoms with Gasteiger partial charge in [-0.3, -0.25) is 9.59 Å². The smallest absolute Gasteiger partial charge is 0.257 e. The number of hydrogen-bond donors (Lipinski definition) is 0. The molecule has 2 aromatic heterocycles. The Kier molecular flexibility index (Phi) is 6.81. The van der Waals surface area contributed by atoms with Gasteiger partial charge in [0.05, 0.1) is 11.3 Å². The van der Waals surface area contributed by atoms with E-state index < -0.39 is 0 Å². The Morgan fingerprint density at radius 3 is 2.56 bits per heavy atom. The van der Waals surface area contributed by atoms with Gasteiger partial charge in [0.15, 0.2) is 5.82 Å². The van der Waals surface area contributed by atoms with Crippen LogP contribution in [-0.2, 0) is 11.2 Å². The molecule has 0 spiro atoms. The molecule has 2 aromatic rings. The maximum atomic E-state index is 12.8. The minimum Gasteiger partial charge on any atom is -0.342 e. The second kappa shape index (κ2) is 9.75. The van der Waals surface area contributed by atoms with Crippen molar-refractivity contribution in [3.63, 3.8) is 0 Å². The van der Waals surface area contributed by atoms with Crippen LogP contribution in [0.1, 0.15) is 91.4 Å². The minimum absolute atomic E-state index is 0.0219. The molecule has 172 valence electrons. The number of nitrogens with zero attached hydrogens (tertiary/aromatic N) is 6. The molecule has 32 heavy (non-hydrogen) atoms. The number of aromatic nitrogens is 4. The summed E-state index contributed by atoms with van der Waals surface area (Å²) in [5, 5.41) is 3.96. The molecule has 2 aliphatic rings. The van der Waals surface area contributed by atoms with Crippen molar-refractivity contribution in [3.8, 4) is 0 Å². The predicted octanol–water partition coefficient (Wildman–Crippen LogP) is 2.87. The highest BCUT2D eigenvalue weighted by molar-refractivity contribution is 5.95. The molecule has 1 unspecified atom stereocenters. The molecule has 2 aliphatic heterocycles. The summed E-state index contributed by atoms with van der Waals surface area (Å²) in [5.41, 5.74) is 1.30. The van der Waals surface area contributed by atoms with Gasteiger partial charge in [-0.2, -0.15) is 4.98 Å². The summed E-state index contributed by atoms with van der Waals surface area (Å²) in [7, 11) is 0. The fourth-order valence-electron chi connectivity index (χ4n) is 4.37. The molecule has 0 aliphatic carbocycles. The summed E-state index contributed by atoms with van der Waals surface area (Å²) in [6, 6.07) is 0. The van der Waals surface area contributed by atoms with Crippen molar-refractivity contribution < 1.29 is 14.1 Å². The van der Waals surface area contributed by atoms with Crippen molar-refractivity contribution in [3.05, 3.63) is 35.0 Å². The Balaban J connectivity index is 1.36. The fourth-order valence-corrected chi connectivity index (χ4v) is 4.37. The number of aryl methyl sites for hydroxylation is 2. The summed E-state index contributed by atoms with van der Waals surface area (Å²) >= 11 is 0. The normalized spacial score (nSPS) is 19.1. The molecule has 0 saturated carbocycles. The number of amides is 2. The number of carbonyl (C=O) groups excluding carboxylic acids is 2. The van der Waals surface area contributed by atoms with Crippen molar-refractivity contribution in [2.24, 2.45) is 0 Å². The zero-order chi connectivity index (χ0) is 22.7. The number of carbonyl (C=O) groups is 2. The summed E-state index contributed by atoms with van der Waals surface area (Å²) in [5.74, 6) is 2.28. The van der Waals surface area contributed by atoms with Gasteiger partial charge in [0, 0.05) is 57.1 Å². The van der Waals surface area contributed by atoms with E-state index in [9.17, 15) is 9.59 Å².